The van der Waals surface area contributed by atoms with Gasteiger partial charge in [-0.1, -0.05) is 36.4 Å². The molecule has 26 heavy (non-hydrogen) atoms. The van der Waals surface area contributed by atoms with E-state index in [0.717, 1.165) is 32.1 Å². The maximum atomic E-state index is 12.2. The fraction of sp³-hybridized carbons (Fsp3) is 0.545. The highest BCUT2D eigenvalue weighted by atomic mass is 16.6. The molecule has 0 spiro atoms. The molecule has 1 heterocycles. The second kappa shape index (κ2) is 9.56. The number of hydrogen-bond acceptors (Lipinski definition) is 3. The largest absolute Gasteiger partial charge is 0.444 e. The van der Waals surface area contributed by atoms with Crippen LogP contribution in [0.1, 0.15) is 58.4 Å². The van der Waals surface area contributed by atoms with E-state index in [4.69, 9.17) is 4.74 Å². The van der Waals surface area contributed by atoms with E-state index in [-0.39, 0.29) is 17.9 Å². The van der Waals surface area contributed by atoms with Crippen molar-refractivity contribution in [3.63, 3.8) is 0 Å². The van der Waals surface area contributed by atoms with E-state index in [1.165, 1.54) is 5.56 Å². The quantitative estimate of drug-likeness (QED) is 0.514. The highest BCUT2D eigenvalue weighted by Crippen LogP contribution is 2.21. The smallest absolute Gasteiger partial charge is 0.410 e. The molecule has 0 radical (unpaired) electrons. The van der Waals surface area contributed by atoms with Gasteiger partial charge in [-0.3, -0.25) is 4.79 Å². The van der Waals surface area contributed by atoms with Crippen LogP contribution in [0.25, 0.3) is 0 Å². The van der Waals surface area contributed by atoms with Gasteiger partial charge in [0, 0.05) is 13.0 Å². The van der Waals surface area contributed by atoms with E-state index in [1.54, 1.807) is 11.0 Å². The molecule has 1 amide bonds. The maximum absolute atomic E-state index is 12.2. The number of benzene rings is 1. The number of allylic oxidation sites excluding steroid dienone is 1. The van der Waals surface area contributed by atoms with Gasteiger partial charge >= 0.3 is 6.09 Å². The first kappa shape index (κ1) is 20.2. The molecule has 4 nitrogen and oxygen atoms in total. The van der Waals surface area contributed by atoms with Gasteiger partial charge in [-0.25, -0.2) is 4.79 Å². The molecule has 0 bridgehead atoms. The summed E-state index contributed by atoms with van der Waals surface area (Å²) in [5.41, 5.74) is 0.817. The van der Waals surface area contributed by atoms with E-state index in [9.17, 15) is 9.59 Å². The molecule has 1 aliphatic heterocycles. The summed E-state index contributed by atoms with van der Waals surface area (Å²) in [6, 6.07) is 10.3. The Kier molecular flexibility index (Phi) is 7.43. The number of nitrogens with zero attached hydrogens (tertiary/aromatic N) is 1. The van der Waals surface area contributed by atoms with E-state index in [1.807, 2.05) is 45.0 Å². The van der Waals surface area contributed by atoms with Crippen molar-refractivity contribution < 1.29 is 14.3 Å². The van der Waals surface area contributed by atoms with Gasteiger partial charge in [-0.05, 0) is 64.5 Å². The minimum Gasteiger partial charge on any atom is -0.444 e. The Bertz CT molecular complexity index is 616. The molecule has 1 atom stereocenters. The van der Waals surface area contributed by atoms with E-state index < -0.39 is 5.60 Å². The monoisotopic (exact) mass is 357 g/mol. The zero-order valence-electron chi connectivity index (χ0n) is 16.2. The number of ether oxygens (including phenoxy) is 1. The maximum Gasteiger partial charge on any atom is 0.410 e. The number of carbonyl (C=O) groups is 2. The van der Waals surface area contributed by atoms with Gasteiger partial charge in [0.25, 0.3) is 0 Å². The summed E-state index contributed by atoms with van der Waals surface area (Å²) in [4.78, 5) is 26.1. The van der Waals surface area contributed by atoms with Gasteiger partial charge in [-0.2, -0.15) is 0 Å². The van der Waals surface area contributed by atoms with Crippen LogP contribution in [-0.2, 0) is 16.0 Å². The molecule has 1 aromatic carbocycles. The predicted molar refractivity (Wildman–Crippen MR) is 104 cm³/mol. The number of likely N-dealkylation sites (tertiary alicyclic amines) is 1. The lowest BCUT2D eigenvalue weighted by molar-refractivity contribution is -0.114. The average molecular weight is 357 g/mol. The molecule has 142 valence electrons. The lowest BCUT2D eigenvalue weighted by atomic mass is 10.1. The highest BCUT2D eigenvalue weighted by molar-refractivity contribution is 5.89. The van der Waals surface area contributed by atoms with Crippen molar-refractivity contribution in [2.75, 3.05) is 6.54 Å². The van der Waals surface area contributed by atoms with Crippen LogP contribution in [-0.4, -0.2) is 35.0 Å². The molecule has 1 aliphatic rings. The first-order valence-corrected chi connectivity index (χ1v) is 9.60. The Morgan fingerprint density at radius 1 is 1.19 bits per heavy atom. The first-order valence-electron chi connectivity index (χ1n) is 9.60. The summed E-state index contributed by atoms with van der Waals surface area (Å²) < 4.78 is 5.45. The lowest BCUT2D eigenvalue weighted by Gasteiger charge is -2.27. The number of rotatable bonds is 7. The van der Waals surface area contributed by atoms with Gasteiger partial charge in [0.2, 0.25) is 0 Å². The van der Waals surface area contributed by atoms with Crippen molar-refractivity contribution in [1.82, 2.24) is 4.90 Å². The number of carbonyl (C=O) groups excluding carboxylic acids is 2. The third kappa shape index (κ3) is 7.03. The summed E-state index contributed by atoms with van der Waals surface area (Å²) in [7, 11) is 0. The Labute approximate surface area is 157 Å². The number of ketones is 1. The van der Waals surface area contributed by atoms with Crippen LogP contribution in [0, 0.1) is 0 Å². The molecule has 1 fully saturated rings. The Morgan fingerprint density at radius 2 is 1.92 bits per heavy atom. The molecule has 0 N–H and O–H groups in total. The fourth-order valence-electron chi connectivity index (χ4n) is 3.11. The Balaban J connectivity index is 1.73. The molecule has 0 saturated carbocycles. The summed E-state index contributed by atoms with van der Waals surface area (Å²) in [5, 5.41) is 0. The van der Waals surface area contributed by atoms with Crippen LogP contribution < -0.4 is 0 Å². The average Bonchev–Trinajstić information content (AvgIpc) is 3.05. The first-order chi connectivity index (χ1) is 12.3. The second-order valence-electron chi connectivity index (χ2n) is 7.90. The lowest BCUT2D eigenvalue weighted by Crippen LogP contribution is -2.39. The van der Waals surface area contributed by atoms with Gasteiger partial charge in [0.15, 0.2) is 5.78 Å². The van der Waals surface area contributed by atoms with Crippen LogP contribution in [0.15, 0.2) is 42.5 Å². The standard InChI is InChI=1S/C22H31NO3/c1-22(2,3)26-21(25)23-17-9-13-19(23)15-16-20(24)14-8-7-12-18-10-5-4-6-11-18/h4-6,10-11,15-16,19H,7-9,12-14,17H2,1-3H3/b16-15+. The Morgan fingerprint density at radius 3 is 2.62 bits per heavy atom. The zero-order chi connectivity index (χ0) is 19.0. The topological polar surface area (TPSA) is 46.6 Å². The SMILES string of the molecule is CC(C)(C)OC(=O)N1CCCC1/C=C/C(=O)CCCCc1ccccc1. The van der Waals surface area contributed by atoms with Crippen LogP contribution in [0.5, 0.6) is 0 Å². The minimum absolute atomic E-state index is 0.0295. The fourth-order valence-corrected chi connectivity index (χ4v) is 3.11. The summed E-state index contributed by atoms with van der Waals surface area (Å²) in [6.45, 7) is 6.29. The molecule has 0 aromatic heterocycles. The normalized spacial score (nSPS) is 17.7. The molecule has 0 aliphatic carbocycles. The minimum atomic E-state index is -0.498. The molecule has 1 unspecified atom stereocenters. The number of amides is 1. The van der Waals surface area contributed by atoms with Crippen LogP contribution in [0.3, 0.4) is 0 Å². The van der Waals surface area contributed by atoms with E-state index in [2.05, 4.69) is 12.1 Å². The van der Waals surface area contributed by atoms with Gasteiger partial charge in [0.1, 0.15) is 5.60 Å². The van der Waals surface area contributed by atoms with Gasteiger partial charge in [-0.15, -0.1) is 0 Å². The zero-order valence-corrected chi connectivity index (χ0v) is 16.2. The number of unbranched alkanes of at least 4 members (excludes halogenated alkanes) is 1. The van der Waals surface area contributed by atoms with Crippen LogP contribution >= 0.6 is 0 Å². The molecule has 4 heteroatoms. The predicted octanol–water partition coefficient (Wildman–Crippen LogP) is 4.92. The molecule has 2 rings (SSSR count). The number of hydrogen-bond donors (Lipinski definition) is 0. The summed E-state index contributed by atoms with van der Waals surface area (Å²) >= 11 is 0. The third-order valence-corrected chi connectivity index (χ3v) is 4.41. The second-order valence-corrected chi connectivity index (χ2v) is 7.90. The van der Waals surface area contributed by atoms with E-state index in [0.29, 0.717) is 13.0 Å². The molecular formula is C22H31NO3. The van der Waals surface area contributed by atoms with Crippen molar-refractivity contribution in [3.05, 3.63) is 48.0 Å². The highest BCUT2D eigenvalue weighted by Gasteiger charge is 2.30. The van der Waals surface area contributed by atoms with Crippen molar-refractivity contribution >= 4 is 11.9 Å². The molecule has 1 aromatic rings. The van der Waals surface area contributed by atoms with Crippen molar-refractivity contribution in [1.29, 1.82) is 0 Å². The Hall–Kier alpha value is -2.10. The van der Waals surface area contributed by atoms with Gasteiger partial charge < -0.3 is 9.64 Å². The van der Waals surface area contributed by atoms with Crippen LogP contribution in [0.2, 0.25) is 0 Å². The molecule has 1 saturated heterocycles. The van der Waals surface area contributed by atoms with Crippen molar-refractivity contribution in [3.8, 4) is 0 Å². The molecular weight excluding hydrogens is 326 g/mol. The number of aryl methyl sites for hydroxylation is 1. The van der Waals surface area contributed by atoms with Crippen molar-refractivity contribution in [2.24, 2.45) is 0 Å². The van der Waals surface area contributed by atoms with Crippen LogP contribution in [0.4, 0.5) is 4.79 Å². The van der Waals surface area contributed by atoms with E-state index >= 15 is 0 Å². The summed E-state index contributed by atoms with van der Waals surface area (Å²) in [6.07, 6.45) is 8.52. The van der Waals surface area contributed by atoms with Gasteiger partial charge in [0.05, 0.1) is 6.04 Å². The van der Waals surface area contributed by atoms with Crippen molar-refractivity contribution in [2.45, 2.75) is 70.9 Å². The third-order valence-electron chi connectivity index (χ3n) is 4.41. The summed E-state index contributed by atoms with van der Waals surface area (Å²) in [5.74, 6) is 0.133.